The minimum Gasteiger partial charge on any atom is -0.497 e. The van der Waals surface area contributed by atoms with E-state index in [1.54, 1.807) is 19.2 Å². The number of thiazole rings is 1. The lowest BCUT2D eigenvalue weighted by atomic mass is 10.1. The van der Waals surface area contributed by atoms with Gasteiger partial charge in [0, 0.05) is 17.6 Å². The average molecular weight is 408 g/mol. The Balaban J connectivity index is 1.70. The van der Waals surface area contributed by atoms with E-state index in [9.17, 15) is 9.59 Å². The van der Waals surface area contributed by atoms with Crippen LogP contribution in [0.25, 0.3) is 16.2 Å². The maximum absolute atomic E-state index is 13.0. The second-order valence-electron chi connectivity index (χ2n) is 5.99. The number of hydrogen-bond acceptors (Lipinski definition) is 7. The summed E-state index contributed by atoms with van der Waals surface area (Å²) in [5.74, 6) is 0.580. The van der Waals surface area contributed by atoms with Crippen LogP contribution in [0.4, 0.5) is 5.69 Å². The van der Waals surface area contributed by atoms with E-state index in [0.29, 0.717) is 28.0 Å². The first-order chi connectivity index (χ1) is 14.1. The third-order valence-electron chi connectivity index (χ3n) is 4.28. The number of carbonyl (C=O) groups excluding carboxylic acids is 1. The molecule has 9 heteroatoms. The van der Waals surface area contributed by atoms with Crippen molar-refractivity contribution in [2.75, 3.05) is 19.5 Å². The Morgan fingerprint density at radius 3 is 2.48 bits per heavy atom. The summed E-state index contributed by atoms with van der Waals surface area (Å²) in [6.07, 6.45) is 2.74. The monoisotopic (exact) mass is 408 g/mol. The van der Waals surface area contributed by atoms with Gasteiger partial charge in [0.05, 0.1) is 31.8 Å². The molecule has 4 aromatic rings. The Hall–Kier alpha value is -3.72. The van der Waals surface area contributed by atoms with Crippen LogP contribution in [0.3, 0.4) is 0 Å². The van der Waals surface area contributed by atoms with Gasteiger partial charge in [0.15, 0.2) is 4.96 Å². The van der Waals surface area contributed by atoms with Crippen LogP contribution < -0.4 is 20.3 Å². The summed E-state index contributed by atoms with van der Waals surface area (Å²) in [5, 5.41) is 4.49. The molecule has 1 N–H and O–H groups in total. The molecule has 0 aliphatic rings. The summed E-state index contributed by atoms with van der Waals surface area (Å²) in [6.45, 7) is 0. The normalized spacial score (nSPS) is 10.7. The molecule has 8 nitrogen and oxygen atoms in total. The number of fused-ring (bicyclic) bond motifs is 1. The fourth-order valence-electron chi connectivity index (χ4n) is 2.78. The van der Waals surface area contributed by atoms with Crippen molar-refractivity contribution in [3.63, 3.8) is 0 Å². The summed E-state index contributed by atoms with van der Waals surface area (Å²) < 4.78 is 11.6. The Labute approximate surface area is 169 Å². The zero-order valence-electron chi connectivity index (χ0n) is 15.6. The number of amides is 1. The van der Waals surface area contributed by atoms with Crippen molar-refractivity contribution in [2.45, 2.75) is 0 Å². The first kappa shape index (κ1) is 18.6. The zero-order chi connectivity index (χ0) is 20.4. The van der Waals surface area contributed by atoms with E-state index in [1.165, 1.54) is 35.2 Å². The third-order valence-corrected chi connectivity index (χ3v) is 5.12. The maximum Gasteiger partial charge on any atom is 0.271 e. The summed E-state index contributed by atoms with van der Waals surface area (Å²) in [6, 6.07) is 10.6. The number of carbonyl (C=O) groups is 1. The number of rotatable bonds is 5. The van der Waals surface area contributed by atoms with Crippen molar-refractivity contribution in [2.24, 2.45) is 0 Å². The molecule has 0 unspecified atom stereocenters. The van der Waals surface area contributed by atoms with E-state index in [1.807, 2.05) is 29.6 Å². The van der Waals surface area contributed by atoms with Gasteiger partial charge in [-0.2, -0.15) is 0 Å². The molecule has 0 saturated carbocycles. The van der Waals surface area contributed by atoms with Gasteiger partial charge < -0.3 is 14.8 Å². The maximum atomic E-state index is 13.0. The molecule has 0 aliphatic carbocycles. The standard InChI is InChI=1S/C20H16N4O4S/c1-27-14-6-3-12(4-7-14)16-11-29-20-22-10-15(19(26)24(16)20)18(25)23-13-5-8-17(28-2)21-9-13/h3-11H,1-2H3,(H,23,25). The SMILES string of the molecule is COc1ccc(-c2csc3ncc(C(=O)Nc4ccc(OC)nc4)c(=O)n23)cc1. The van der Waals surface area contributed by atoms with Gasteiger partial charge in [-0.25, -0.2) is 9.97 Å². The van der Waals surface area contributed by atoms with Gasteiger partial charge in [-0.15, -0.1) is 11.3 Å². The van der Waals surface area contributed by atoms with Gasteiger partial charge in [0.1, 0.15) is 11.3 Å². The number of anilines is 1. The minimum atomic E-state index is -0.559. The average Bonchev–Trinajstić information content (AvgIpc) is 3.19. The number of ether oxygens (including phenoxy) is 2. The summed E-state index contributed by atoms with van der Waals surface area (Å²) >= 11 is 1.33. The highest BCUT2D eigenvalue weighted by Crippen LogP contribution is 2.26. The molecule has 0 spiro atoms. The Morgan fingerprint density at radius 1 is 1.03 bits per heavy atom. The van der Waals surface area contributed by atoms with Gasteiger partial charge in [-0.1, -0.05) is 0 Å². The number of nitrogens with zero attached hydrogens (tertiary/aromatic N) is 3. The van der Waals surface area contributed by atoms with E-state index < -0.39 is 11.5 Å². The first-order valence-corrected chi connectivity index (χ1v) is 9.43. The van der Waals surface area contributed by atoms with Gasteiger partial charge in [0.25, 0.3) is 11.5 Å². The number of pyridine rings is 1. The number of aromatic nitrogens is 3. The highest BCUT2D eigenvalue weighted by molar-refractivity contribution is 7.15. The highest BCUT2D eigenvalue weighted by atomic mass is 32.1. The molecule has 4 rings (SSSR count). The first-order valence-electron chi connectivity index (χ1n) is 8.56. The second-order valence-corrected chi connectivity index (χ2v) is 6.82. The molecule has 0 aliphatic heterocycles. The zero-order valence-corrected chi connectivity index (χ0v) is 16.4. The van der Waals surface area contributed by atoms with Gasteiger partial charge in [-0.05, 0) is 35.9 Å². The lowest BCUT2D eigenvalue weighted by Crippen LogP contribution is -2.26. The fraction of sp³-hybridized carbons (Fsp3) is 0.100. The van der Waals surface area contributed by atoms with E-state index in [4.69, 9.17) is 9.47 Å². The van der Waals surface area contributed by atoms with Crippen molar-refractivity contribution in [1.29, 1.82) is 0 Å². The molecule has 0 bridgehead atoms. The molecule has 1 amide bonds. The largest absolute Gasteiger partial charge is 0.497 e. The molecule has 146 valence electrons. The van der Waals surface area contributed by atoms with E-state index in [2.05, 4.69) is 15.3 Å². The lowest BCUT2D eigenvalue weighted by Gasteiger charge is -2.07. The van der Waals surface area contributed by atoms with Crippen LogP contribution >= 0.6 is 11.3 Å². The molecular formula is C20H16N4O4S. The van der Waals surface area contributed by atoms with Crippen LogP contribution in [-0.4, -0.2) is 34.5 Å². The topological polar surface area (TPSA) is 94.8 Å². The quantitative estimate of drug-likeness (QED) is 0.545. The van der Waals surface area contributed by atoms with Gasteiger partial charge in [0.2, 0.25) is 5.88 Å². The number of benzene rings is 1. The van der Waals surface area contributed by atoms with E-state index >= 15 is 0 Å². The summed E-state index contributed by atoms with van der Waals surface area (Å²) in [5.41, 5.74) is 1.41. The van der Waals surface area contributed by atoms with Crippen LogP contribution in [0.15, 0.2) is 59.0 Å². The van der Waals surface area contributed by atoms with Gasteiger partial charge in [-0.3, -0.25) is 14.0 Å². The van der Waals surface area contributed by atoms with Crippen LogP contribution in [0, 0.1) is 0 Å². The molecule has 3 heterocycles. The highest BCUT2D eigenvalue weighted by Gasteiger charge is 2.17. The molecule has 1 aromatic carbocycles. The molecular weight excluding hydrogens is 392 g/mol. The van der Waals surface area contributed by atoms with Crippen LogP contribution in [0.1, 0.15) is 10.4 Å². The van der Waals surface area contributed by atoms with Crippen LogP contribution in [0.5, 0.6) is 11.6 Å². The van der Waals surface area contributed by atoms with Crippen molar-refractivity contribution in [3.05, 3.63) is 70.1 Å². The Kier molecular flexibility index (Phi) is 4.96. The number of hydrogen-bond donors (Lipinski definition) is 1. The Morgan fingerprint density at radius 2 is 1.83 bits per heavy atom. The fourth-order valence-corrected chi connectivity index (χ4v) is 3.64. The van der Waals surface area contributed by atoms with Crippen LogP contribution in [-0.2, 0) is 0 Å². The Bertz CT molecular complexity index is 1230. The van der Waals surface area contributed by atoms with Crippen molar-refractivity contribution >= 4 is 27.9 Å². The van der Waals surface area contributed by atoms with E-state index in [-0.39, 0.29) is 5.56 Å². The summed E-state index contributed by atoms with van der Waals surface area (Å²) in [4.78, 5) is 34.5. The molecule has 0 radical (unpaired) electrons. The third kappa shape index (κ3) is 3.55. The lowest BCUT2D eigenvalue weighted by molar-refractivity contribution is 0.102. The van der Waals surface area contributed by atoms with Crippen molar-refractivity contribution < 1.29 is 14.3 Å². The summed E-state index contributed by atoms with van der Waals surface area (Å²) in [7, 11) is 3.09. The minimum absolute atomic E-state index is 0.0634. The molecule has 0 fully saturated rings. The van der Waals surface area contributed by atoms with Crippen molar-refractivity contribution in [3.8, 4) is 22.9 Å². The molecule has 3 aromatic heterocycles. The number of nitrogens with one attached hydrogen (secondary N) is 1. The van der Waals surface area contributed by atoms with Crippen LogP contribution in [0.2, 0.25) is 0 Å². The van der Waals surface area contributed by atoms with Gasteiger partial charge >= 0.3 is 0 Å². The predicted molar refractivity (Wildman–Crippen MR) is 110 cm³/mol. The molecule has 0 saturated heterocycles. The predicted octanol–water partition coefficient (Wildman–Crippen LogP) is 3.09. The van der Waals surface area contributed by atoms with E-state index in [0.717, 1.165) is 5.56 Å². The smallest absolute Gasteiger partial charge is 0.271 e. The molecule has 0 atom stereocenters. The number of methoxy groups -OCH3 is 2. The van der Waals surface area contributed by atoms with Crippen molar-refractivity contribution in [1.82, 2.24) is 14.4 Å². The molecule has 29 heavy (non-hydrogen) atoms. The second kappa shape index (κ2) is 7.72.